The summed E-state index contributed by atoms with van der Waals surface area (Å²) in [5, 5.41) is 5.09. The average molecular weight is 519 g/mol. The van der Waals surface area contributed by atoms with Crippen molar-refractivity contribution in [3.05, 3.63) is 71.4 Å². The van der Waals surface area contributed by atoms with Gasteiger partial charge >= 0.3 is 0 Å². The Morgan fingerprint density at radius 2 is 1.16 bits per heavy atom. The normalized spacial score (nSPS) is 12.0. The molecule has 3 aromatic rings. The van der Waals surface area contributed by atoms with Gasteiger partial charge in [0.1, 0.15) is 0 Å². The zero-order valence-corrected chi connectivity index (χ0v) is 25.0. The standard InChI is InChI=1S/C32H50N6/c1-34(2)21-8-11-27-13-17-29(18-14-27)32-30(12-9-22-35(3)4)26-38(33-32)31-19-15-28(16-20-31)25-37(7)24-10-23-36(5)6/h13-20,26H,8-12,21-25H2,1-7H3. The lowest BCUT2D eigenvalue weighted by Crippen LogP contribution is -2.23. The summed E-state index contributed by atoms with van der Waals surface area (Å²) < 4.78 is 2.07. The van der Waals surface area contributed by atoms with Gasteiger partial charge in [0.05, 0.1) is 11.4 Å². The summed E-state index contributed by atoms with van der Waals surface area (Å²) in [6, 6.07) is 18.0. The second kappa shape index (κ2) is 15.2. The molecule has 0 fully saturated rings. The monoisotopic (exact) mass is 518 g/mol. The molecule has 0 aliphatic rings. The zero-order chi connectivity index (χ0) is 27.5. The Morgan fingerprint density at radius 3 is 1.76 bits per heavy atom. The van der Waals surface area contributed by atoms with E-state index in [2.05, 4.69) is 128 Å². The molecule has 208 valence electrons. The Hall–Kier alpha value is -2.51. The fourth-order valence-corrected chi connectivity index (χ4v) is 4.78. The van der Waals surface area contributed by atoms with Crippen LogP contribution < -0.4 is 0 Å². The zero-order valence-electron chi connectivity index (χ0n) is 25.0. The van der Waals surface area contributed by atoms with E-state index in [4.69, 9.17) is 5.10 Å². The first-order chi connectivity index (χ1) is 18.2. The molecular weight excluding hydrogens is 468 g/mol. The number of hydrogen-bond donors (Lipinski definition) is 0. The predicted molar refractivity (Wildman–Crippen MR) is 162 cm³/mol. The van der Waals surface area contributed by atoms with E-state index in [1.807, 2.05) is 0 Å². The topological polar surface area (TPSA) is 30.8 Å². The molecule has 0 amide bonds. The third kappa shape index (κ3) is 9.99. The van der Waals surface area contributed by atoms with Crippen LogP contribution in [0.1, 0.15) is 36.0 Å². The Bertz CT molecular complexity index is 1070. The molecule has 2 aromatic carbocycles. The summed E-state index contributed by atoms with van der Waals surface area (Å²) in [7, 11) is 15.0. The van der Waals surface area contributed by atoms with Crippen LogP contribution in [0, 0.1) is 0 Å². The highest BCUT2D eigenvalue weighted by atomic mass is 15.3. The van der Waals surface area contributed by atoms with Gasteiger partial charge in [-0.05, 0) is 136 Å². The first-order valence-electron chi connectivity index (χ1n) is 14.1. The summed E-state index contributed by atoms with van der Waals surface area (Å²) in [5.74, 6) is 0. The van der Waals surface area contributed by atoms with Crippen LogP contribution in [-0.4, -0.2) is 105 Å². The lowest BCUT2D eigenvalue weighted by atomic mass is 10.0. The fraction of sp³-hybridized carbons (Fsp3) is 0.531. The van der Waals surface area contributed by atoms with Crippen molar-refractivity contribution >= 4 is 0 Å². The van der Waals surface area contributed by atoms with E-state index in [1.165, 1.54) is 35.1 Å². The van der Waals surface area contributed by atoms with Gasteiger partial charge in [-0.1, -0.05) is 36.4 Å². The largest absolute Gasteiger partial charge is 0.309 e. The fourth-order valence-electron chi connectivity index (χ4n) is 4.78. The van der Waals surface area contributed by atoms with Gasteiger partial charge < -0.3 is 19.6 Å². The summed E-state index contributed by atoms with van der Waals surface area (Å²) in [5.41, 5.74) is 7.47. The Balaban J connectivity index is 1.73. The van der Waals surface area contributed by atoms with Crippen molar-refractivity contribution < 1.29 is 0 Å². The van der Waals surface area contributed by atoms with E-state index in [1.54, 1.807) is 0 Å². The maximum Gasteiger partial charge on any atom is 0.0959 e. The third-order valence-corrected chi connectivity index (χ3v) is 6.94. The number of aryl methyl sites for hydroxylation is 2. The van der Waals surface area contributed by atoms with Crippen LogP contribution in [0.25, 0.3) is 16.9 Å². The van der Waals surface area contributed by atoms with Gasteiger partial charge in [-0.2, -0.15) is 5.10 Å². The summed E-state index contributed by atoms with van der Waals surface area (Å²) in [6.45, 7) is 5.39. The highest BCUT2D eigenvalue weighted by Crippen LogP contribution is 2.26. The van der Waals surface area contributed by atoms with Crippen molar-refractivity contribution in [2.45, 2.75) is 38.6 Å². The van der Waals surface area contributed by atoms with Crippen molar-refractivity contribution in [3.8, 4) is 16.9 Å². The average Bonchev–Trinajstić information content (AvgIpc) is 3.28. The van der Waals surface area contributed by atoms with Crippen LogP contribution in [0.4, 0.5) is 0 Å². The third-order valence-electron chi connectivity index (χ3n) is 6.94. The van der Waals surface area contributed by atoms with Gasteiger partial charge in [0.15, 0.2) is 0 Å². The molecule has 1 aromatic heterocycles. The first-order valence-corrected chi connectivity index (χ1v) is 14.1. The molecule has 38 heavy (non-hydrogen) atoms. The number of benzene rings is 2. The van der Waals surface area contributed by atoms with Gasteiger partial charge in [-0.3, -0.25) is 0 Å². The molecular formula is C32H50N6. The summed E-state index contributed by atoms with van der Waals surface area (Å²) in [4.78, 5) is 9.15. The van der Waals surface area contributed by atoms with E-state index >= 15 is 0 Å². The Morgan fingerprint density at radius 1 is 0.605 bits per heavy atom. The van der Waals surface area contributed by atoms with E-state index in [0.29, 0.717) is 0 Å². The summed E-state index contributed by atoms with van der Waals surface area (Å²) in [6.07, 6.45) is 7.85. The Labute approximate surface area is 231 Å². The van der Waals surface area contributed by atoms with Crippen molar-refractivity contribution in [1.29, 1.82) is 0 Å². The lowest BCUT2D eigenvalue weighted by Gasteiger charge is -2.18. The van der Waals surface area contributed by atoms with E-state index in [0.717, 1.165) is 63.4 Å². The molecule has 0 saturated carbocycles. The maximum absolute atomic E-state index is 5.09. The maximum atomic E-state index is 5.09. The van der Waals surface area contributed by atoms with Gasteiger partial charge in [0, 0.05) is 18.3 Å². The molecule has 0 aliphatic heterocycles. The van der Waals surface area contributed by atoms with Gasteiger partial charge in [-0.15, -0.1) is 0 Å². The minimum absolute atomic E-state index is 0.967. The van der Waals surface area contributed by atoms with E-state index in [-0.39, 0.29) is 0 Å². The van der Waals surface area contributed by atoms with Crippen LogP contribution in [0.5, 0.6) is 0 Å². The van der Waals surface area contributed by atoms with Crippen molar-refractivity contribution in [2.24, 2.45) is 0 Å². The molecule has 0 N–H and O–H groups in total. The van der Waals surface area contributed by atoms with Crippen molar-refractivity contribution in [3.63, 3.8) is 0 Å². The molecule has 0 radical (unpaired) electrons. The van der Waals surface area contributed by atoms with E-state index in [9.17, 15) is 0 Å². The minimum Gasteiger partial charge on any atom is -0.309 e. The van der Waals surface area contributed by atoms with Gasteiger partial charge in [0.2, 0.25) is 0 Å². The van der Waals surface area contributed by atoms with Crippen LogP contribution >= 0.6 is 0 Å². The quantitative estimate of drug-likeness (QED) is 0.269. The molecule has 0 saturated heterocycles. The second-order valence-corrected chi connectivity index (χ2v) is 11.5. The predicted octanol–water partition coefficient (Wildman–Crippen LogP) is 4.91. The number of aromatic nitrogens is 2. The molecule has 6 heteroatoms. The van der Waals surface area contributed by atoms with Crippen LogP contribution in [-0.2, 0) is 19.4 Å². The number of rotatable bonds is 16. The molecule has 0 spiro atoms. The molecule has 0 bridgehead atoms. The van der Waals surface area contributed by atoms with E-state index < -0.39 is 0 Å². The molecule has 0 aliphatic carbocycles. The second-order valence-electron chi connectivity index (χ2n) is 11.5. The van der Waals surface area contributed by atoms with Crippen LogP contribution in [0.3, 0.4) is 0 Å². The minimum atomic E-state index is 0.967. The smallest absolute Gasteiger partial charge is 0.0959 e. The van der Waals surface area contributed by atoms with Crippen LogP contribution in [0.15, 0.2) is 54.7 Å². The highest BCUT2D eigenvalue weighted by Gasteiger charge is 2.13. The summed E-state index contributed by atoms with van der Waals surface area (Å²) >= 11 is 0. The number of nitrogens with zero attached hydrogens (tertiary/aromatic N) is 6. The van der Waals surface area contributed by atoms with Crippen molar-refractivity contribution in [2.75, 3.05) is 75.5 Å². The SMILES string of the molecule is CN(C)CCCc1ccc(-c2nn(-c3ccc(CN(C)CCCN(C)C)cc3)cc2CCCN(C)C)cc1. The first kappa shape index (κ1) is 30.0. The van der Waals surface area contributed by atoms with Gasteiger partial charge in [0.25, 0.3) is 0 Å². The molecule has 0 atom stereocenters. The molecule has 6 nitrogen and oxygen atoms in total. The van der Waals surface area contributed by atoms with Crippen molar-refractivity contribution in [1.82, 2.24) is 29.4 Å². The van der Waals surface area contributed by atoms with Gasteiger partial charge in [-0.25, -0.2) is 4.68 Å². The van der Waals surface area contributed by atoms with Crippen LogP contribution in [0.2, 0.25) is 0 Å². The number of hydrogen-bond acceptors (Lipinski definition) is 5. The molecule has 3 rings (SSSR count). The highest BCUT2D eigenvalue weighted by molar-refractivity contribution is 5.63. The lowest BCUT2D eigenvalue weighted by molar-refractivity contribution is 0.294. The molecule has 1 heterocycles. The molecule has 0 unspecified atom stereocenters. The Kier molecular flexibility index (Phi) is 12.0.